The smallest absolute Gasteiger partial charge is 0.119 e. The van der Waals surface area contributed by atoms with E-state index in [2.05, 4.69) is 46.3 Å². The minimum Gasteiger partial charge on any atom is -0.497 e. The Kier molecular flexibility index (Phi) is 4.32. The molecule has 0 aromatic heterocycles. The minimum absolute atomic E-state index is 0.0507. The number of aryl methyl sites for hydroxylation is 1. The number of rotatable bonds is 4. The van der Waals surface area contributed by atoms with Gasteiger partial charge in [-0.2, -0.15) is 0 Å². The predicted octanol–water partition coefficient (Wildman–Crippen LogP) is 4.22. The Hall–Kier alpha value is -1.32. The fourth-order valence-corrected chi connectivity index (χ4v) is 4.01. The summed E-state index contributed by atoms with van der Waals surface area (Å²) in [5.74, 6) is 1.36. The second-order valence-corrected chi connectivity index (χ2v) is 6.45. The second-order valence-electron chi connectivity index (χ2n) is 5.60. The highest BCUT2D eigenvalue weighted by molar-refractivity contribution is 9.10. The molecule has 0 spiro atoms. The van der Waals surface area contributed by atoms with Crippen molar-refractivity contribution in [2.45, 2.75) is 31.8 Å². The average molecular weight is 347 g/mol. The third kappa shape index (κ3) is 2.99. The lowest BCUT2D eigenvalue weighted by molar-refractivity contribution is 0.281. The van der Waals surface area contributed by atoms with Crippen molar-refractivity contribution in [2.24, 2.45) is 0 Å². The molecular formula is C18H19BrO2. The van der Waals surface area contributed by atoms with E-state index >= 15 is 0 Å². The van der Waals surface area contributed by atoms with E-state index in [1.807, 2.05) is 6.07 Å². The molecule has 1 N–H and O–H groups in total. The van der Waals surface area contributed by atoms with E-state index in [0.717, 1.165) is 24.2 Å². The van der Waals surface area contributed by atoms with Crippen LogP contribution in [0, 0.1) is 0 Å². The summed E-state index contributed by atoms with van der Waals surface area (Å²) >= 11 is 3.69. The third-order valence-electron chi connectivity index (χ3n) is 4.24. The van der Waals surface area contributed by atoms with Crippen LogP contribution in [0.5, 0.6) is 5.75 Å². The Bertz CT molecular complexity index is 629. The van der Waals surface area contributed by atoms with Gasteiger partial charge in [0.2, 0.25) is 0 Å². The van der Waals surface area contributed by atoms with Gasteiger partial charge in [-0.05, 0) is 65.6 Å². The monoisotopic (exact) mass is 346 g/mol. The molecule has 0 amide bonds. The third-order valence-corrected chi connectivity index (χ3v) is 4.93. The average Bonchev–Trinajstić information content (AvgIpc) is 2.91. The maximum Gasteiger partial charge on any atom is 0.119 e. The van der Waals surface area contributed by atoms with E-state index < -0.39 is 0 Å². The van der Waals surface area contributed by atoms with Crippen LogP contribution >= 0.6 is 15.9 Å². The molecule has 1 aliphatic carbocycles. The second kappa shape index (κ2) is 6.20. The highest BCUT2D eigenvalue weighted by Gasteiger charge is 2.24. The molecule has 21 heavy (non-hydrogen) atoms. The first-order chi connectivity index (χ1) is 10.2. The molecule has 0 fully saturated rings. The molecule has 0 saturated heterocycles. The number of ether oxygens (including phenoxy) is 1. The molecule has 2 aromatic carbocycles. The number of benzene rings is 2. The first kappa shape index (κ1) is 14.6. The molecule has 2 nitrogen and oxygen atoms in total. The number of halogens is 1. The topological polar surface area (TPSA) is 29.5 Å². The largest absolute Gasteiger partial charge is 0.497 e. The summed E-state index contributed by atoms with van der Waals surface area (Å²) in [6, 6.07) is 12.5. The fraction of sp³-hybridized carbons (Fsp3) is 0.333. The molecule has 0 radical (unpaired) electrons. The fourth-order valence-electron chi connectivity index (χ4n) is 3.28. The zero-order valence-electron chi connectivity index (χ0n) is 12.1. The Labute approximate surface area is 133 Å². The normalized spacial score (nSPS) is 16.8. The van der Waals surface area contributed by atoms with E-state index in [0.29, 0.717) is 5.92 Å². The number of aliphatic hydroxyl groups excluding tert-OH is 1. The van der Waals surface area contributed by atoms with Gasteiger partial charge in [-0.3, -0.25) is 0 Å². The van der Waals surface area contributed by atoms with Crippen molar-refractivity contribution in [3.8, 4) is 5.75 Å². The van der Waals surface area contributed by atoms with E-state index in [-0.39, 0.29) is 6.61 Å². The SMILES string of the molecule is COc1cc(CO)cc(CC2CCc3cccc(Br)c32)c1. The number of hydrogen-bond donors (Lipinski definition) is 1. The lowest BCUT2D eigenvalue weighted by Gasteiger charge is -2.15. The van der Waals surface area contributed by atoms with Crippen LogP contribution in [-0.4, -0.2) is 12.2 Å². The summed E-state index contributed by atoms with van der Waals surface area (Å²) in [5.41, 5.74) is 5.05. The molecule has 1 aliphatic rings. The lowest BCUT2D eigenvalue weighted by Crippen LogP contribution is -2.01. The van der Waals surface area contributed by atoms with Gasteiger partial charge in [-0.1, -0.05) is 34.1 Å². The van der Waals surface area contributed by atoms with Gasteiger partial charge in [0.15, 0.2) is 0 Å². The lowest BCUT2D eigenvalue weighted by atomic mass is 9.93. The Morgan fingerprint density at radius 1 is 1.24 bits per heavy atom. The Morgan fingerprint density at radius 3 is 2.81 bits per heavy atom. The van der Waals surface area contributed by atoms with Crippen molar-refractivity contribution in [1.29, 1.82) is 0 Å². The number of hydrogen-bond acceptors (Lipinski definition) is 2. The van der Waals surface area contributed by atoms with Crippen molar-refractivity contribution in [2.75, 3.05) is 7.11 Å². The molecule has 3 heteroatoms. The molecule has 1 unspecified atom stereocenters. The first-order valence-corrected chi connectivity index (χ1v) is 8.05. The molecular weight excluding hydrogens is 328 g/mol. The number of aliphatic hydroxyl groups is 1. The summed E-state index contributed by atoms with van der Waals surface area (Å²) in [6.45, 7) is 0.0507. The van der Waals surface area contributed by atoms with Gasteiger partial charge in [-0.25, -0.2) is 0 Å². The van der Waals surface area contributed by atoms with Crippen LogP contribution < -0.4 is 4.74 Å². The van der Waals surface area contributed by atoms with Crippen LogP contribution in [0.2, 0.25) is 0 Å². The van der Waals surface area contributed by atoms with Crippen LogP contribution in [0.1, 0.15) is 34.6 Å². The summed E-state index contributed by atoms with van der Waals surface area (Å²) in [4.78, 5) is 0. The van der Waals surface area contributed by atoms with E-state index in [9.17, 15) is 5.11 Å². The molecule has 0 aliphatic heterocycles. The van der Waals surface area contributed by atoms with Gasteiger partial charge in [0.05, 0.1) is 13.7 Å². The first-order valence-electron chi connectivity index (χ1n) is 7.26. The molecule has 0 heterocycles. The summed E-state index contributed by atoms with van der Waals surface area (Å²) in [5, 5.41) is 9.38. The molecule has 0 bridgehead atoms. The summed E-state index contributed by atoms with van der Waals surface area (Å²) in [7, 11) is 1.67. The summed E-state index contributed by atoms with van der Waals surface area (Å²) in [6.07, 6.45) is 3.32. The van der Waals surface area contributed by atoms with Crippen LogP contribution in [-0.2, 0) is 19.4 Å². The maximum atomic E-state index is 9.38. The van der Waals surface area contributed by atoms with Gasteiger partial charge in [0.25, 0.3) is 0 Å². The van der Waals surface area contributed by atoms with Crippen LogP contribution in [0.25, 0.3) is 0 Å². The van der Waals surface area contributed by atoms with Crippen LogP contribution in [0.3, 0.4) is 0 Å². The molecule has 1 atom stereocenters. The van der Waals surface area contributed by atoms with Crippen molar-refractivity contribution >= 4 is 15.9 Å². The summed E-state index contributed by atoms with van der Waals surface area (Å²) < 4.78 is 6.55. The number of fused-ring (bicyclic) bond motifs is 1. The maximum absolute atomic E-state index is 9.38. The van der Waals surface area contributed by atoms with Crippen molar-refractivity contribution in [1.82, 2.24) is 0 Å². The number of methoxy groups -OCH3 is 1. The van der Waals surface area contributed by atoms with Crippen LogP contribution in [0.15, 0.2) is 40.9 Å². The Morgan fingerprint density at radius 2 is 2.05 bits per heavy atom. The van der Waals surface area contributed by atoms with Gasteiger partial charge < -0.3 is 9.84 Å². The standard InChI is InChI=1S/C18H19BrO2/c1-21-16-9-12(7-13(10-16)11-20)8-15-6-5-14-3-2-4-17(19)18(14)15/h2-4,7,9-10,15,20H,5-6,8,11H2,1H3. The van der Waals surface area contributed by atoms with Crippen molar-refractivity contribution in [3.63, 3.8) is 0 Å². The van der Waals surface area contributed by atoms with E-state index in [1.165, 1.54) is 27.6 Å². The van der Waals surface area contributed by atoms with Gasteiger partial charge in [0, 0.05) is 4.47 Å². The molecule has 3 rings (SSSR count). The quantitative estimate of drug-likeness (QED) is 0.897. The van der Waals surface area contributed by atoms with Gasteiger partial charge in [0.1, 0.15) is 5.75 Å². The molecule has 2 aromatic rings. The van der Waals surface area contributed by atoms with E-state index in [4.69, 9.17) is 4.74 Å². The van der Waals surface area contributed by atoms with Crippen LogP contribution in [0.4, 0.5) is 0 Å². The highest BCUT2D eigenvalue weighted by Crippen LogP contribution is 2.40. The predicted molar refractivity (Wildman–Crippen MR) is 87.8 cm³/mol. The minimum atomic E-state index is 0.0507. The van der Waals surface area contributed by atoms with Crippen molar-refractivity contribution in [3.05, 3.63) is 63.1 Å². The van der Waals surface area contributed by atoms with Gasteiger partial charge in [-0.15, -0.1) is 0 Å². The Balaban J connectivity index is 1.89. The molecule has 110 valence electrons. The zero-order chi connectivity index (χ0) is 14.8. The van der Waals surface area contributed by atoms with E-state index in [1.54, 1.807) is 7.11 Å². The van der Waals surface area contributed by atoms with Gasteiger partial charge >= 0.3 is 0 Å². The van der Waals surface area contributed by atoms with Crippen molar-refractivity contribution < 1.29 is 9.84 Å². The zero-order valence-corrected chi connectivity index (χ0v) is 13.7. The molecule has 0 saturated carbocycles. The highest BCUT2D eigenvalue weighted by atomic mass is 79.9.